The molecule has 0 bridgehead atoms. The van der Waals surface area contributed by atoms with Gasteiger partial charge in [0.05, 0.1) is 19.5 Å². The molecule has 5 nitrogen and oxygen atoms in total. The van der Waals surface area contributed by atoms with E-state index >= 15 is 0 Å². The Bertz CT molecular complexity index is 490. The van der Waals surface area contributed by atoms with Crippen LogP contribution in [0.1, 0.15) is 17.4 Å². The number of hydrogen-bond acceptors (Lipinski definition) is 4. The number of carbonyl (C=O) groups excluding carboxylic acids is 1. The van der Waals surface area contributed by atoms with Crippen LogP contribution in [0.25, 0.3) is 5.65 Å². The molecule has 2 aromatic heterocycles. The Labute approximate surface area is 80.4 Å². The van der Waals surface area contributed by atoms with Gasteiger partial charge in [-0.1, -0.05) is 0 Å². The van der Waals surface area contributed by atoms with E-state index in [0.29, 0.717) is 17.2 Å². The van der Waals surface area contributed by atoms with E-state index in [1.54, 1.807) is 30.1 Å². The molecule has 2 heterocycles. The van der Waals surface area contributed by atoms with Gasteiger partial charge in [0.25, 0.3) is 0 Å². The average Bonchev–Trinajstić information content (AvgIpc) is 2.60. The Morgan fingerprint density at radius 3 is 2.93 bits per heavy atom. The van der Waals surface area contributed by atoms with Crippen molar-refractivity contribution in [1.29, 1.82) is 0 Å². The van der Waals surface area contributed by atoms with Crippen molar-refractivity contribution in [1.82, 2.24) is 14.4 Å². The van der Waals surface area contributed by atoms with Gasteiger partial charge in [-0.25, -0.2) is 4.98 Å². The fourth-order valence-electron chi connectivity index (χ4n) is 1.21. The minimum absolute atomic E-state index is 0.0734. The summed E-state index contributed by atoms with van der Waals surface area (Å²) >= 11 is 0. The van der Waals surface area contributed by atoms with Crippen molar-refractivity contribution in [3.63, 3.8) is 0 Å². The topological polar surface area (TPSA) is 56.5 Å². The Hall–Kier alpha value is -1.91. The molecule has 0 atom stereocenters. The number of methoxy groups -OCH3 is 1. The van der Waals surface area contributed by atoms with Gasteiger partial charge in [0.1, 0.15) is 5.69 Å². The number of imidazole rings is 1. The van der Waals surface area contributed by atoms with Gasteiger partial charge >= 0.3 is 0 Å². The van der Waals surface area contributed by atoms with Crippen LogP contribution in [-0.2, 0) is 0 Å². The van der Waals surface area contributed by atoms with E-state index in [0.717, 1.165) is 0 Å². The maximum Gasteiger partial charge on any atom is 0.218 e. The second-order valence-electron chi connectivity index (χ2n) is 2.86. The Morgan fingerprint density at radius 1 is 1.50 bits per heavy atom. The molecule has 0 amide bonds. The molecule has 0 radical (unpaired) electrons. The highest BCUT2D eigenvalue weighted by Crippen LogP contribution is 2.13. The summed E-state index contributed by atoms with van der Waals surface area (Å²) in [5, 5.41) is 0. The van der Waals surface area contributed by atoms with Gasteiger partial charge in [0.2, 0.25) is 5.88 Å². The van der Waals surface area contributed by atoms with E-state index in [-0.39, 0.29) is 5.78 Å². The SMILES string of the molecule is COc1cncc2nc(C(C)=O)cn12. The summed E-state index contributed by atoms with van der Waals surface area (Å²) in [7, 11) is 1.55. The summed E-state index contributed by atoms with van der Waals surface area (Å²) in [6, 6.07) is 0. The van der Waals surface area contributed by atoms with E-state index in [1.807, 2.05) is 0 Å². The monoisotopic (exact) mass is 191 g/mol. The van der Waals surface area contributed by atoms with Gasteiger partial charge in [-0.05, 0) is 0 Å². The van der Waals surface area contributed by atoms with Gasteiger partial charge in [0, 0.05) is 13.1 Å². The van der Waals surface area contributed by atoms with Gasteiger partial charge < -0.3 is 4.74 Å². The van der Waals surface area contributed by atoms with Crippen LogP contribution in [0.2, 0.25) is 0 Å². The summed E-state index contributed by atoms with van der Waals surface area (Å²) in [5.41, 5.74) is 1.02. The van der Waals surface area contributed by atoms with Crippen LogP contribution in [0.4, 0.5) is 0 Å². The molecular formula is C9H9N3O2. The van der Waals surface area contributed by atoms with Crippen molar-refractivity contribution in [2.24, 2.45) is 0 Å². The van der Waals surface area contributed by atoms with Crippen LogP contribution < -0.4 is 4.74 Å². The van der Waals surface area contributed by atoms with Crippen molar-refractivity contribution < 1.29 is 9.53 Å². The Morgan fingerprint density at radius 2 is 2.29 bits per heavy atom. The van der Waals surface area contributed by atoms with Crippen LogP contribution in [0.3, 0.4) is 0 Å². The van der Waals surface area contributed by atoms with Crippen molar-refractivity contribution in [2.75, 3.05) is 7.11 Å². The highest BCUT2D eigenvalue weighted by atomic mass is 16.5. The largest absolute Gasteiger partial charge is 0.481 e. The number of ketones is 1. The number of hydrogen-bond donors (Lipinski definition) is 0. The van der Waals surface area contributed by atoms with Gasteiger partial charge in [-0.3, -0.25) is 14.2 Å². The summed E-state index contributed by atoms with van der Waals surface area (Å²) in [4.78, 5) is 19.1. The summed E-state index contributed by atoms with van der Waals surface area (Å²) in [5.74, 6) is 0.484. The predicted molar refractivity (Wildman–Crippen MR) is 49.5 cm³/mol. The lowest BCUT2D eigenvalue weighted by Gasteiger charge is -2.00. The quantitative estimate of drug-likeness (QED) is 0.663. The maximum atomic E-state index is 11.1. The lowest BCUT2D eigenvalue weighted by atomic mass is 10.3. The van der Waals surface area contributed by atoms with Crippen molar-refractivity contribution in [2.45, 2.75) is 6.92 Å². The molecule has 72 valence electrons. The Kier molecular flexibility index (Phi) is 1.92. The van der Waals surface area contributed by atoms with E-state index < -0.39 is 0 Å². The van der Waals surface area contributed by atoms with Crippen molar-refractivity contribution >= 4 is 11.4 Å². The lowest BCUT2D eigenvalue weighted by molar-refractivity contribution is 0.101. The molecule has 0 saturated heterocycles. The van der Waals surface area contributed by atoms with E-state index in [4.69, 9.17) is 4.74 Å². The number of aromatic nitrogens is 3. The van der Waals surface area contributed by atoms with Crippen LogP contribution in [0, 0.1) is 0 Å². The molecule has 0 unspecified atom stereocenters. The molecule has 0 aromatic carbocycles. The molecule has 2 aromatic rings. The van der Waals surface area contributed by atoms with E-state index in [2.05, 4.69) is 9.97 Å². The molecule has 5 heteroatoms. The minimum Gasteiger partial charge on any atom is -0.481 e. The van der Waals surface area contributed by atoms with E-state index in [1.165, 1.54) is 6.92 Å². The number of Topliss-reactive ketones (excluding diaryl/α,β-unsaturated/α-hetero) is 1. The second kappa shape index (κ2) is 3.10. The number of ether oxygens (including phenoxy) is 1. The molecule has 0 spiro atoms. The molecule has 0 N–H and O–H groups in total. The zero-order valence-corrected chi connectivity index (χ0v) is 7.89. The zero-order chi connectivity index (χ0) is 10.1. The first-order valence-corrected chi connectivity index (χ1v) is 4.10. The fraction of sp³-hybridized carbons (Fsp3) is 0.222. The Balaban J connectivity index is 2.70. The molecule has 0 saturated carbocycles. The normalized spacial score (nSPS) is 10.4. The molecule has 14 heavy (non-hydrogen) atoms. The predicted octanol–water partition coefficient (Wildman–Crippen LogP) is 0.940. The number of nitrogens with zero attached hydrogens (tertiary/aromatic N) is 3. The molecule has 0 aliphatic heterocycles. The molecular weight excluding hydrogens is 182 g/mol. The van der Waals surface area contributed by atoms with Crippen LogP contribution >= 0.6 is 0 Å². The third-order valence-electron chi connectivity index (χ3n) is 1.92. The van der Waals surface area contributed by atoms with Gasteiger partial charge in [-0.15, -0.1) is 0 Å². The molecule has 0 aliphatic rings. The fourth-order valence-corrected chi connectivity index (χ4v) is 1.21. The summed E-state index contributed by atoms with van der Waals surface area (Å²) < 4.78 is 6.75. The van der Waals surface area contributed by atoms with Crippen molar-refractivity contribution in [3.8, 4) is 5.88 Å². The second-order valence-corrected chi connectivity index (χ2v) is 2.86. The number of fused-ring (bicyclic) bond motifs is 1. The number of carbonyl (C=O) groups is 1. The molecule has 2 rings (SSSR count). The van der Waals surface area contributed by atoms with Crippen LogP contribution in [0.15, 0.2) is 18.6 Å². The smallest absolute Gasteiger partial charge is 0.218 e. The third kappa shape index (κ3) is 1.22. The highest BCUT2D eigenvalue weighted by molar-refractivity contribution is 5.92. The van der Waals surface area contributed by atoms with Gasteiger partial charge in [-0.2, -0.15) is 0 Å². The molecule has 0 fully saturated rings. The highest BCUT2D eigenvalue weighted by Gasteiger charge is 2.08. The van der Waals surface area contributed by atoms with Crippen LogP contribution in [0.5, 0.6) is 5.88 Å². The van der Waals surface area contributed by atoms with Crippen LogP contribution in [-0.4, -0.2) is 27.3 Å². The van der Waals surface area contributed by atoms with E-state index in [9.17, 15) is 4.79 Å². The first kappa shape index (κ1) is 8.68. The standard InChI is InChI=1S/C9H9N3O2/c1-6(13)7-5-12-8(11-7)3-10-4-9(12)14-2/h3-5H,1-2H3. The first-order chi connectivity index (χ1) is 6.72. The lowest BCUT2D eigenvalue weighted by Crippen LogP contribution is -1.93. The summed E-state index contributed by atoms with van der Waals surface area (Å²) in [6.45, 7) is 1.47. The zero-order valence-electron chi connectivity index (χ0n) is 7.89. The maximum absolute atomic E-state index is 11.1. The minimum atomic E-state index is -0.0734. The van der Waals surface area contributed by atoms with Gasteiger partial charge in [0.15, 0.2) is 11.4 Å². The average molecular weight is 191 g/mol. The third-order valence-corrected chi connectivity index (χ3v) is 1.92. The molecule has 0 aliphatic carbocycles. The first-order valence-electron chi connectivity index (χ1n) is 4.10. The summed E-state index contributed by atoms with van der Waals surface area (Å²) in [6.07, 6.45) is 4.78. The number of rotatable bonds is 2. The van der Waals surface area contributed by atoms with Crippen molar-refractivity contribution in [3.05, 3.63) is 24.3 Å².